The number of carbonyl (C=O) groups is 2. The third-order valence-corrected chi connectivity index (χ3v) is 7.08. The second kappa shape index (κ2) is 7.98. The molecule has 2 atom stereocenters. The van der Waals surface area contributed by atoms with Crippen molar-refractivity contribution >= 4 is 21.9 Å². The summed E-state index contributed by atoms with van der Waals surface area (Å²) in [6, 6.07) is 5.67. The van der Waals surface area contributed by atoms with Crippen LogP contribution in [0.2, 0.25) is 0 Å². The summed E-state index contributed by atoms with van der Waals surface area (Å²) in [5.74, 6) is -0.866. The number of ether oxygens (including phenoxy) is 1. The fraction of sp³-hybridized carbons (Fsp3) is 0.579. The summed E-state index contributed by atoms with van der Waals surface area (Å²) in [5, 5.41) is 0. The van der Waals surface area contributed by atoms with Crippen LogP contribution in [0.5, 0.6) is 0 Å². The average molecular weight is 394 g/mol. The first-order chi connectivity index (χ1) is 12.8. The molecule has 2 fully saturated rings. The summed E-state index contributed by atoms with van der Waals surface area (Å²) in [7, 11) is -3.78. The van der Waals surface area contributed by atoms with Crippen LogP contribution in [0.1, 0.15) is 38.2 Å². The highest BCUT2D eigenvalue weighted by Crippen LogP contribution is 2.27. The molecule has 0 aliphatic carbocycles. The van der Waals surface area contributed by atoms with Crippen molar-refractivity contribution in [2.24, 2.45) is 0 Å². The molecule has 8 heteroatoms. The first kappa shape index (κ1) is 19.8. The lowest BCUT2D eigenvalue weighted by Crippen LogP contribution is -2.45. The van der Waals surface area contributed by atoms with E-state index >= 15 is 0 Å². The molecule has 1 aromatic rings. The van der Waals surface area contributed by atoms with Gasteiger partial charge in [0.1, 0.15) is 6.04 Å². The lowest BCUT2D eigenvalue weighted by atomic mass is 10.2. The van der Waals surface area contributed by atoms with Crippen LogP contribution in [-0.4, -0.2) is 61.3 Å². The minimum atomic E-state index is -3.78. The maximum absolute atomic E-state index is 12.9. The summed E-state index contributed by atoms with van der Waals surface area (Å²) < 4.78 is 32.4. The average Bonchev–Trinajstić information content (AvgIpc) is 3.33. The van der Waals surface area contributed by atoms with Gasteiger partial charge in [0, 0.05) is 19.6 Å². The highest BCUT2D eigenvalue weighted by Gasteiger charge is 2.41. The van der Waals surface area contributed by atoms with Crippen LogP contribution in [0.3, 0.4) is 0 Å². The van der Waals surface area contributed by atoms with Gasteiger partial charge >= 0.3 is 5.97 Å². The maximum atomic E-state index is 12.9. The third kappa shape index (κ3) is 4.16. The Kier molecular flexibility index (Phi) is 5.86. The first-order valence-corrected chi connectivity index (χ1v) is 10.8. The van der Waals surface area contributed by atoms with Crippen molar-refractivity contribution in [1.29, 1.82) is 0 Å². The molecule has 1 amide bonds. The summed E-state index contributed by atoms with van der Waals surface area (Å²) in [6.45, 7) is 5.05. The smallest absolute Gasteiger partial charge is 0.325 e. The number of sulfonamides is 1. The van der Waals surface area contributed by atoms with Gasteiger partial charge in [-0.3, -0.25) is 9.59 Å². The van der Waals surface area contributed by atoms with Crippen LogP contribution in [-0.2, 0) is 24.3 Å². The van der Waals surface area contributed by atoms with E-state index in [0.29, 0.717) is 25.9 Å². The van der Waals surface area contributed by atoms with E-state index in [0.717, 1.165) is 18.4 Å². The number of hydrogen-bond donors (Lipinski definition) is 0. The van der Waals surface area contributed by atoms with E-state index in [4.69, 9.17) is 4.74 Å². The molecule has 2 aliphatic rings. The zero-order valence-corrected chi connectivity index (χ0v) is 16.6. The summed E-state index contributed by atoms with van der Waals surface area (Å²) in [4.78, 5) is 26.8. The molecule has 0 unspecified atom stereocenters. The van der Waals surface area contributed by atoms with E-state index in [1.807, 2.05) is 6.92 Å². The zero-order chi connectivity index (χ0) is 19.6. The monoisotopic (exact) mass is 394 g/mol. The second-order valence-electron chi connectivity index (χ2n) is 7.20. The van der Waals surface area contributed by atoms with Gasteiger partial charge in [0.25, 0.3) is 5.91 Å². The SMILES string of the molecule is Cc1ccc(S(=O)(=O)N2CCC[C@@H]2C(=O)O[C@H](C)C(=O)N2CCCC2)cc1. The molecule has 0 N–H and O–H groups in total. The first-order valence-electron chi connectivity index (χ1n) is 9.38. The van der Waals surface area contributed by atoms with E-state index in [1.54, 1.807) is 36.1 Å². The van der Waals surface area contributed by atoms with Crippen LogP contribution >= 0.6 is 0 Å². The minimum absolute atomic E-state index is 0.161. The predicted molar refractivity (Wildman–Crippen MR) is 99.5 cm³/mol. The number of nitrogens with zero attached hydrogens (tertiary/aromatic N) is 2. The Labute approximate surface area is 160 Å². The summed E-state index contributed by atoms with van der Waals surface area (Å²) >= 11 is 0. The van der Waals surface area contributed by atoms with Gasteiger partial charge in [0.2, 0.25) is 10.0 Å². The largest absolute Gasteiger partial charge is 0.451 e. The van der Waals surface area contributed by atoms with Gasteiger partial charge in [-0.25, -0.2) is 8.42 Å². The van der Waals surface area contributed by atoms with Crippen LogP contribution in [0.25, 0.3) is 0 Å². The molecule has 148 valence electrons. The molecule has 1 aromatic carbocycles. The molecular formula is C19H26N2O5S. The zero-order valence-electron chi connectivity index (χ0n) is 15.8. The highest BCUT2D eigenvalue weighted by molar-refractivity contribution is 7.89. The van der Waals surface area contributed by atoms with Crippen molar-refractivity contribution in [2.75, 3.05) is 19.6 Å². The maximum Gasteiger partial charge on any atom is 0.325 e. The van der Waals surface area contributed by atoms with Gasteiger partial charge in [-0.05, 0) is 51.7 Å². The van der Waals surface area contributed by atoms with E-state index in [1.165, 1.54) is 4.31 Å². The van der Waals surface area contributed by atoms with Gasteiger partial charge in [-0.1, -0.05) is 17.7 Å². The van der Waals surface area contributed by atoms with Gasteiger partial charge in [-0.15, -0.1) is 0 Å². The highest BCUT2D eigenvalue weighted by atomic mass is 32.2. The molecule has 3 rings (SSSR count). The third-order valence-electron chi connectivity index (χ3n) is 5.16. The van der Waals surface area contributed by atoms with Gasteiger partial charge < -0.3 is 9.64 Å². The van der Waals surface area contributed by atoms with E-state index in [2.05, 4.69) is 0 Å². The lowest BCUT2D eigenvalue weighted by Gasteiger charge is -2.25. The number of likely N-dealkylation sites (tertiary alicyclic amines) is 1. The number of carbonyl (C=O) groups excluding carboxylic acids is 2. The number of aryl methyl sites for hydroxylation is 1. The Morgan fingerprint density at radius 2 is 1.70 bits per heavy atom. The predicted octanol–water partition coefficient (Wildman–Crippen LogP) is 1.70. The fourth-order valence-corrected chi connectivity index (χ4v) is 5.25. The standard InChI is InChI=1S/C19H26N2O5S/c1-14-7-9-16(10-8-14)27(24,25)21-13-5-6-17(21)19(23)26-15(2)18(22)20-11-3-4-12-20/h7-10,15,17H,3-6,11-13H2,1-2H3/t15-,17-/m1/s1. The molecule has 2 saturated heterocycles. The molecule has 0 bridgehead atoms. The van der Waals surface area contributed by atoms with Gasteiger partial charge in [-0.2, -0.15) is 4.31 Å². The van der Waals surface area contributed by atoms with E-state index in [9.17, 15) is 18.0 Å². The fourth-order valence-electron chi connectivity index (χ4n) is 3.61. The van der Waals surface area contributed by atoms with Crippen molar-refractivity contribution in [2.45, 2.75) is 56.6 Å². The Morgan fingerprint density at radius 3 is 2.33 bits per heavy atom. The van der Waals surface area contributed by atoms with Crippen molar-refractivity contribution in [3.63, 3.8) is 0 Å². The molecule has 0 aromatic heterocycles. The Balaban J connectivity index is 1.70. The Bertz CT molecular complexity index is 800. The number of rotatable bonds is 5. The van der Waals surface area contributed by atoms with Crippen LogP contribution < -0.4 is 0 Å². The number of benzene rings is 1. The molecule has 0 radical (unpaired) electrons. The Morgan fingerprint density at radius 1 is 1.07 bits per heavy atom. The van der Waals surface area contributed by atoms with E-state index < -0.39 is 28.1 Å². The molecule has 27 heavy (non-hydrogen) atoms. The minimum Gasteiger partial charge on any atom is -0.451 e. The van der Waals surface area contributed by atoms with Gasteiger partial charge in [0.15, 0.2) is 6.10 Å². The normalized spacial score (nSPS) is 22.0. The van der Waals surface area contributed by atoms with Crippen molar-refractivity contribution in [3.8, 4) is 0 Å². The second-order valence-corrected chi connectivity index (χ2v) is 9.09. The number of amides is 1. The molecular weight excluding hydrogens is 368 g/mol. The quantitative estimate of drug-likeness (QED) is 0.710. The molecule has 0 spiro atoms. The molecule has 2 heterocycles. The van der Waals surface area contributed by atoms with Crippen LogP contribution in [0, 0.1) is 6.92 Å². The Hall–Kier alpha value is -1.93. The van der Waals surface area contributed by atoms with Crippen LogP contribution in [0.15, 0.2) is 29.2 Å². The topological polar surface area (TPSA) is 84.0 Å². The molecule has 0 saturated carbocycles. The van der Waals surface area contributed by atoms with Crippen molar-refractivity contribution in [3.05, 3.63) is 29.8 Å². The number of hydrogen-bond acceptors (Lipinski definition) is 5. The van der Waals surface area contributed by atoms with E-state index in [-0.39, 0.29) is 17.3 Å². The van der Waals surface area contributed by atoms with Crippen molar-refractivity contribution in [1.82, 2.24) is 9.21 Å². The summed E-state index contributed by atoms with van der Waals surface area (Å²) in [5.41, 5.74) is 0.959. The van der Waals surface area contributed by atoms with Crippen LogP contribution in [0.4, 0.5) is 0 Å². The lowest BCUT2D eigenvalue weighted by molar-refractivity contribution is -0.161. The summed E-state index contributed by atoms with van der Waals surface area (Å²) in [6.07, 6.45) is 1.99. The van der Waals surface area contributed by atoms with Gasteiger partial charge in [0.05, 0.1) is 4.90 Å². The molecule has 7 nitrogen and oxygen atoms in total. The number of esters is 1. The molecule has 2 aliphatic heterocycles. The van der Waals surface area contributed by atoms with Crippen molar-refractivity contribution < 1.29 is 22.7 Å².